The lowest BCUT2D eigenvalue weighted by Crippen LogP contribution is -2.13. The van der Waals surface area contributed by atoms with Gasteiger partial charge in [0.15, 0.2) is 0 Å². The molecular formula is C92H92N4O2P2. The molecule has 100 heavy (non-hydrogen) atoms. The van der Waals surface area contributed by atoms with Crippen LogP contribution >= 0.6 is 16.9 Å². The minimum atomic E-state index is -1.69. The molecule has 0 atom stereocenters. The Kier molecular flexibility index (Phi) is 16.7. The first kappa shape index (κ1) is 65.4. The molecule has 0 fully saturated rings. The van der Waals surface area contributed by atoms with Gasteiger partial charge in [-0.2, -0.15) is 0 Å². The summed E-state index contributed by atoms with van der Waals surface area (Å²) >= 11 is 0. The monoisotopic (exact) mass is 1350 g/mol. The van der Waals surface area contributed by atoms with Crippen LogP contribution in [0.15, 0.2) is 243 Å². The maximum Gasteiger partial charge on any atom is 0.318 e. The Bertz CT molecular complexity index is 4790. The fraction of sp³-hybridized carbons (Fsp3) is 0.261. The predicted molar refractivity (Wildman–Crippen MR) is 426 cm³/mol. The second kappa shape index (κ2) is 25.5. The number of benzene rings is 10. The summed E-state index contributed by atoms with van der Waals surface area (Å²) in [6.45, 7) is 27.4. The van der Waals surface area contributed by atoms with Crippen LogP contribution in [0.4, 0.5) is 0 Å². The van der Waals surface area contributed by atoms with Gasteiger partial charge in [-0.25, -0.2) is 0 Å². The van der Waals surface area contributed by atoms with Gasteiger partial charge in [0.1, 0.15) is 11.5 Å². The predicted octanol–water partition coefficient (Wildman–Crippen LogP) is 26.2. The van der Waals surface area contributed by atoms with E-state index in [4.69, 9.17) is 9.05 Å². The molecule has 16 rings (SSSR count). The van der Waals surface area contributed by atoms with Crippen molar-refractivity contribution in [3.63, 3.8) is 0 Å². The highest BCUT2D eigenvalue weighted by molar-refractivity contribution is 7.50. The van der Waals surface area contributed by atoms with Crippen molar-refractivity contribution in [3.05, 3.63) is 288 Å². The summed E-state index contributed by atoms with van der Waals surface area (Å²) in [5, 5.41) is 4.67. The molecule has 8 heteroatoms. The number of hydrogen-bond acceptors (Lipinski definition) is 2. The molecule has 0 spiro atoms. The van der Waals surface area contributed by atoms with Gasteiger partial charge < -0.3 is 9.05 Å². The van der Waals surface area contributed by atoms with E-state index in [2.05, 4.69) is 344 Å². The summed E-state index contributed by atoms with van der Waals surface area (Å²) in [6.07, 6.45) is 17.6. The van der Waals surface area contributed by atoms with Crippen molar-refractivity contribution in [2.45, 2.75) is 156 Å². The number of aromatic nitrogens is 4. The Labute approximate surface area is 594 Å². The average Bonchev–Trinajstić information content (AvgIpc) is 1.17. The summed E-state index contributed by atoms with van der Waals surface area (Å²) in [5.41, 5.74) is 27.4. The molecule has 0 amide bonds. The molecule has 502 valence electrons. The molecule has 0 radical (unpaired) electrons. The number of rotatable bonds is 13. The molecule has 4 heterocycles. The van der Waals surface area contributed by atoms with Crippen LogP contribution in [0.1, 0.15) is 153 Å². The van der Waals surface area contributed by atoms with E-state index in [1.807, 2.05) is 0 Å². The third-order valence-electron chi connectivity index (χ3n) is 21.4. The van der Waals surface area contributed by atoms with E-state index in [-0.39, 0.29) is 21.7 Å². The maximum atomic E-state index is 8.27. The first-order chi connectivity index (χ1) is 48.1. The molecule has 2 aliphatic carbocycles. The van der Waals surface area contributed by atoms with E-state index in [9.17, 15) is 0 Å². The highest BCUT2D eigenvalue weighted by Gasteiger charge is 2.33. The SMILES string of the molecule is CC(C)(C)c1ccc(-c2ccc3ccn(P(Oc4ccc5c(c4-c4c(OP(n6ccc7ccc(-c8ccc(C(C)(C)C)cc8)cc76)n6ccc7ccc(-c8ccc(C(C)(C)C)cc8)cc76)ccc6c4CCCC6)CCCC5)n4ccc5ccc(-c6ccc(C(C)(C)C)cc6)cc54)c3c2)cc1. The second-order valence-corrected chi connectivity index (χ2v) is 35.4. The number of aryl methyl sites for hydroxylation is 2. The Morgan fingerprint density at radius 3 is 0.750 bits per heavy atom. The van der Waals surface area contributed by atoms with Crippen LogP contribution in [-0.2, 0) is 47.3 Å². The Balaban J connectivity index is 0.891. The summed E-state index contributed by atoms with van der Waals surface area (Å²) < 4.78 is 26.3. The second-order valence-electron chi connectivity index (χ2n) is 32.3. The number of hydrogen-bond donors (Lipinski definition) is 0. The lowest BCUT2D eigenvalue weighted by Gasteiger charge is -2.31. The van der Waals surface area contributed by atoms with Gasteiger partial charge in [-0.3, -0.25) is 17.4 Å². The van der Waals surface area contributed by atoms with E-state index >= 15 is 0 Å². The third-order valence-corrected chi connectivity index (χ3v) is 25.0. The topological polar surface area (TPSA) is 38.2 Å². The molecule has 6 nitrogen and oxygen atoms in total. The quantitative estimate of drug-likeness (QED) is 0.108. The maximum absolute atomic E-state index is 8.27. The lowest BCUT2D eigenvalue weighted by molar-refractivity contribution is 0.582. The fourth-order valence-electron chi connectivity index (χ4n) is 15.3. The molecular weight excluding hydrogens is 1250 g/mol. The minimum Gasteiger partial charge on any atom is -0.435 e. The van der Waals surface area contributed by atoms with Crippen LogP contribution in [0, 0.1) is 0 Å². The van der Waals surface area contributed by atoms with Crippen molar-refractivity contribution >= 4 is 60.5 Å². The van der Waals surface area contributed by atoms with Crippen LogP contribution in [0.5, 0.6) is 11.5 Å². The lowest BCUT2D eigenvalue weighted by atomic mass is 9.80. The summed E-state index contributed by atoms with van der Waals surface area (Å²) in [4.78, 5) is 0. The molecule has 2 aliphatic rings. The van der Waals surface area contributed by atoms with Crippen molar-refractivity contribution in [2.75, 3.05) is 0 Å². The van der Waals surface area contributed by atoms with Crippen LogP contribution in [0.2, 0.25) is 0 Å². The van der Waals surface area contributed by atoms with Gasteiger partial charge in [-0.05, 0) is 223 Å². The highest BCUT2D eigenvalue weighted by Crippen LogP contribution is 2.57. The van der Waals surface area contributed by atoms with Gasteiger partial charge in [-0.15, -0.1) is 0 Å². The van der Waals surface area contributed by atoms with E-state index in [1.54, 1.807) is 0 Å². The first-order valence-corrected chi connectivity index (χ1v) is 38.5. The van der Waals surface area contributed by atoms with Crippen molar-refractivity contribution in [3.8, 4) is 67.1 Å². The Morgan fingerprint density at radius 1 is 0.260 bits per heavy atom. The fourth-order valence-corrected chi connectivity index (χ4v) is 18.9. The first-order valence-electron chi connectivity index (χ1n) is 36.2. The standard InChI is InChI=1S/C92H92N4O2P2/c1-89(2,3)75-39-29-61(30-40-75)71-25-21-67-49-53-93(81(67)57-71)99(94-54-50-68-22-26-72(58-82(68)94)62-31-41-76(42-32-62)90(4,5)6)97-85-47-37-65-17-13-15-19-79(65)87(85)88-80-20-16-14-18-66(80)38-48-86(88)98-100(95-55-51-69-23-27-73(59-83(69)95)63-33-43-77(44-34-63)91(7,8)9)96-56-52-70-24-28-74(60-84(70)96)64-35-45-78(46-36-64)92(10,11)12/h21-60H,13-20H2,1-12H3. The molecule has 4 aromatic heterocycles. The van der Waals surface area contributed by atoms with Gasteiger partial charge in [0.25, 0.3) is 0 Å². The van der Waals surface area contributed by atoms with E-state index in [0.29, 0.717) is 0 Å². The largest absolute Gasteiger partial charge is 0.435 e. The van der Waals surface area contributed by atoms with E-state index in [0.717, 1.165) is 84.9 Å². The average molecular weight is 1350 g/mol. The van der Waals surface area contributed by atoms with Gasteiger partial charge >= 0.3 is 16.9 Å². The molecule has 0 N–H and O–H groups in total. The van der Waals surface area contributed by atoms with Crippen LogP contribution < -0.4 is 9.05 Å². The van der Waals surface area contributed by atoms with Crippen LogP contribution in [0.25, 0.3) is 99.2 Å². The van der Waals surface area contributed by atoms with Crippen molar-refractivity contribution < 1.29 is 9.05 Å². The van der Waals surface area contributed by atoms with Gasteiger partial charge in [0.2, 0.25) is 0 Å². The normalized spacial score (nSPS) is 13.9. The number of nitrogens with zero attached hydrogens (tertiary/aromatic N) is 4. The Hall–Kier alpha value is -9.18. The molecule has 14 aromatic rings. The minimum absolute atomic E-state index is 0.0495. The third kappa shape index (κ3) is 12.4. The highest BCUT2D eigenvalue weighted by atomic mass is 31.2. The smallest absolute Gasteiger partial charge is 0.318 e. The van der Waals surface area contributed by atoms with Crippen molar-refractivity contribution in [2.24, 2.45) is 0 Å². The summed E-state index contributed by atoms with van der Waals surface area (Å²) in [7, 11) is -3.37. The van der Waals surface area contributed by atoms with E-state index < -0.39 is 16.9 Å². The molecule has 0 aliphatic heterocycles. The zero-order valence-electron chi connectivity index (χ0n) is 60.3. The molecule has 10 aromatic carbocycles. The van der Waals surface area contributed by atoms with Crippen LogP contribution in [0.3, 0.4) is 0 Å². The van der Waals surface area contributed by atoms with Gasteiger partial charge in [-0.1, -0.05) is 241 Å². The summed E-state index contributed by atoms with van der Waals surface area (Å²) in [6, 6.07) is 83.1. The molecule has 0 saturated heterocycles. The zero-order chi connectivity index (χ0) is 69.0. The number of fused-ring (bicyclic) bond motifs is 6. The summed E-state index contributed by atoms with van der Waals surface area (Å²) in [5.74, 6) is 1.77. The Morgan fingerprint density at radius 2 is 0.500 bits per heavy atom. The van der Waals surface area contributed by atoms with E-state index in [1.165, 1.54) is 122 Å². The van der Waals surface area contributed by atoms with Crippen LogP contribution in [-0.4, -0.2) is 17.4 Å². The zero-order valence-corrected chi connectivity index (χ0v) is 62.0. The van der Waals surface area contributed by atoms with Gasteiger partial charge in [0, 0.05) is 57.5 Å². The molecule has 0 unspecified atom stereocenters. The van der Waals surface area contributed by atoms with Crippen molar-refractivity contribution in [1.29, 1.82) is 0 Å². The van der Waals surface area contributed by atoms with Crippen molar-refractivity contribution in [1.82, 2.24) is 17.4 Å². The molecule has 0 bridgehead atoms. The van der Waals surface area contributed by atoms with Gasteiger partial charge in [0.05, 0.1) is 22.1 Å². The molecule has 0 saturated carbocycles.